The zero-order valence-corrected chi connectivity index (χ0v) is 13.2. The van der Waals surface area contributed by atoms with Crippen LogP contribution in [0.25, 0.3) is 0 Å². The average Bonchev–Trinajstić information content (AvgIpc) is 2.91. The van der Waals surface area contributed by atoms with Crippen molar-refractivity contribution in [2.45, 2.75) is 31.5 Å². The van der Waals surface area contributed by atoms with Gasteiger partial charge in [0.1, 0.15) is 6.61 Å². The minimum atomic E-state index is -1.11. The van der Waals surface area contributed by atoms with Crippen LogP contribution in [0, 0.1) is 11.8 Å². The third-order valence-electron chi connectivity index (χ3n) is 4.24. The number of ether oxygens (including phenoxy) is 2. The predicted octanol–water partition coefficient (Wildman–Crippen LogP) is 2.24. The van der Waals surface area contributed by atoms with Crippen molar-refractivity contribution in [3.63, 3.8) is 0 Å². The molecular formula is C18H22O5. The van der Waals surface area contributed by atoms with Gasteiger partial charge in [0.2, 0.25) is 0 Å². The van der Waals surface area contributed by atoms with E-state index in [2.05, 4.69) is 6.58 Å². The molecule has 1 aromatic rings. The van der Waals surface area contributed by atoms with Gasteiger partial charge in [-0.25, -0.2) is 0 Å². The molecule has 1 aliphatic rings. The Labute approximate surface area is 135 Å². The molecule has 1 saturated carbocycles. The van der Waals surface area contributed by atoms with Gasteiger partial charge in [0.15, 0.2) is 0 Å². The van der Waals surface area contributed by atoms with E-state index in [0.29, 0.717) is 6.42 Å². The van der Waals surface area contributed by atoms with E-state index in [1.54, 1.807) is 6.08 Å². The van der Waals surface area contributed by atoms with Gasteiger partial charge in [0, 0.05) is 0 Å². The van der Waals surface area contributed by atoms with Crippen molar-refractivity contribution in [1.29, 1.82) is 0 Å². The third-order valence-corrected chi connectivity index (χ3v) is 4.24. The largest absolute Gasteiger partial charge is 0.469 e. The number of hydrogen-bond acceptors (Lipinski definition) is 5. The third kappa shape index (κ3) is 4.20. The second-order valence-corrected chi connectivity index (χ2v) is 5.95. The molecule has 23 heavy (non-hydrogen) atoms. The highest BCUT2D eigenvalue weighted by Gasteiger charge is 2.50. The highest BCUT2D eigenvalue weighted by atomic mass is 16.5. The Balaban J connectivity index is 2.06. The standard InChI is InChI=1S/C18H22O5/c1-3-9-18(21)10-14(16(19)22-2)15(11-18)17(20)23-12-13-7-5-4-6-8-13/h3-8,14-15,21H,1,9-12H2,2H3. The zero-order chi connectivity index (χ0) is 16.9. The van der Waals surface area contributed by atoms with Crippen LogP contribution < -0.4 is 0 Å². The van der Waals surface area contributed by atoms with Crippen LogP contribution in [-0.4, -0.2) is 29.8 Å². The van der Waals surface area contributed by atoms with Crippen LogP contribution in [0.15, 0.2) is 43.0 Å². The van der Waals surface area contributed by atoms with Crippen molar-refractivity contribution in [3.8, 4) is 0 Å². The molecule has 0 saturated heterocycles. The van der Waals surface area contributed by atoms with E-state index in [4.69, 9.17) is 9.47 Å². The van der Waals surface area contributed by atoms with Gasteiger partial charge in [-0.1, -0.05) is 36.4 Å². The Hall–Kier alpha value is -2.14. The molecule has 124 valence electrons. The first kappa shape index (κ1) is 17.2. The Morgan fingerprint density at radius 1 is 1.26 bits per heavy atom. The SMILES string of the molecule is C=CCC1(O)CC(C(=O)OC)C(C(=O)OCc2ccccc2)C1. The molecule has 1 aromatic carbocycles. The van der Waals surface area contributed by atoms with E-state index < -0.39 is 29.4 Å². The predicted molar refractivity (Wildman–Crippen MR) is 84.2 cm³/mol. The maximum Gasteiger partial charge on any atom is 0.310 e. The zero-order valence-electron chi connectivity index (χ0n) is 13.2. The number of esters is 2. The van der Waals surface area contributed by atoms with Crippen LogP contribution >= 0.6 is 0 Å². The number of carbonyl (C=O) groups is 2. The van der Waals surface area contributed by atoms with Crippen molar-refractivity contribution in [3.05, 3.63) is 48.6 Å². The van der Waals surface area contributed by atoms with Crippen LogP contribution in [-0.2, 0) is 25.7 Å². The summed E-state index contributed by atoms with van der Waals surface area (Å²) < 4.78 is 10.1. The number of hydrogen-bond donors (Lipinski definition) is 1. The van der Waals surface area contributed by atoms with Gasteiger partial charge in [-0.3, -0.25) is 9.59 Å². The molecule has 1 fully saturated rings. The van der Waals surface area contributed by atoms with Crippen molar-refractivity contribution in [1.82, 2.24) is 0 Å². The molecule has 2 rings (SSSR count). The molecule has 0 amide bonds. The van der Waals surface area contributed by atoms with Crippen molar-refractivity contribution in [2.24, 2.45) is 11.8 Å². The molecule has 0 spiro atoms. The fraction of sp³-hybridized carbons (Fsp3) is 0.444. The fourth-order valence-corrected chi connectivity index (χ4v) is 3.10. The van der Waals surface area contributed by atoms with Gasteiger partial charge in [-0.15, -0.1) is 6.58 Å². The van der Waals surface area contributed by atoms with Crippen molar-refractivity contribution >= 4 is 11.9 Å². The number of rotatable bonds is 6. The molecule has 1 N–H and O–H groups in total. The Morgan fingerprint density at radius 3 is 2.43 bits per heavy atom. The average molecular weight is 318 g/mol. The molecule has 0 aromatic heterocycles. The van der Waals surface area contributed by atoms with Gasteiger partial charge >= 0.3 is 11.9 Å². The molecule has 5 nitrogen and oxygen atoms in total. The molecule has 0 bridgehead atoms. The first-order valence-electron chi connectivity index (χ1n) is 7.61. The summed E-state index contributed by atoms with van der Waals surface area (Å²) in [5.41, 5.74) is -0.244. The lowest BCUT2D eigenvalue weighted by molar-refractivity contribution is -0.158. The first-order chi connectivity index (χ1) is 11.0. The summed E-state index contributed by atoms with van der Waals surface area (Å²) in [5, 5.41) is 10.5. The van der Waals surface area contributed by atoms with Crippen LogP contribution in [0.2, 0.25) is 0 Å². The van der Waals surface area contributed by atoms with Crippen molar-refractivity contribution < 1.29 is 24.2 Å². The van der Waals surface area contributed by atoms with Gasteiger partial charge in [0.25, 0.3) is 0 Å². The first-order valence-corrected chi connectivity index (χ1v) is 7.61. The van der Waals surface area contributed by atoms with E-state index in [0.717, 1.165) is 5.56 Å². The maximum absolute atomic E-state index is 12.4. The maximum atomic E-state index is 12.4. The topological polar surface area (TPSA) is 72.8 Å². The molecule has 0 radical (unpaired) electrons. The van der Waals surface area contributed by atoms with Crippen LogP contribution in [0.1, 0.15) is 24.8 Å². The van der Waals surface area contributed by atoms with Gasteiger partial charge in [0.05, 0.1) is 24.5 Å². The summed E-state index contributed by atoms with van der Waals surface area (Å²) in [6, 6.07) is 9.31. The normalized spacial score (nSPS) is 26.5. The second kappa shape index (κ2) is 7.42. The van der Waals surface area contributed by atoms with E-state index >= 15 is 0 Å². The lowest BCUT2D eigenvalue weighted by atomic mass is 9.96. The van der Waals surface area contributed by atoms with E-state index in [1.807, 2.05) is 30.3 Å². The number of aliphatic hydroxyl groups is 1. The summed E-state index contributed by atoms with van der Waals surface area (Å²) in [4.78, 5) is 24.3. The van der Waals surface area contributed by atoms with Crippen LogP contribution in [0.5, 0.6) is 0 Å². The van der Waals surface area contributed by atoms with E-state index in [-0.39, 0.29) is 19.4 Å². The highest BCUT2D eigenvalue weighted by Crippen LogP contribution is 2.43. The van der Waals surface area contributed by atoms with Crippen LogP contribution in [0.4, 0.5) is 0 Å². The number of methoxy groups -OCH3 is 1. The Morgan fingerprint density at radius 2 is 1.87 bits per heavy atom. The summed E-state index contributed by atoms with van der Waals surface area (Å²) in [6.45, 7) is 3.76. The minimum absolute atomic E-state index is 0.143. The molecule has 0 aliphatic heterocycles. The van der Waals surface area contributed by atoms with Crippen LogP contribution in [0.3, 0.4) is 0 Å². The van der Waals surface area contributed by atoms with E-state index in [9.17, 15) is 14.7 Å². The summed E-state index contributed by atoms with van der Waals surface area (Å²) in [5.74, 6) is -2.36. The van der Waals surface area contributed by atoms with Crippen molar-refractivity contribution in [2.75, 3.05) is 7.11 Å². The van der Waals surface area contributed by atoms with Gasteiger partial charge < -0.3 is 14.6 Å². The molecule has 1 aliphatic carbocycles. The molecule has 0 heterocycles. The lowest BCUT2D eigenvalue weighted by Gasteiger charge is -2.20. The number of benzene rings is 1. The summed E-state index contributed by atoms with van der Waals surface area (Å²) in [7, 11) is 1.28. The smallest absolute Gasteiger partial charge is 0.310 e. The molecular weight excluding hydrogens is 296 g/mol. The Kier molecular flexibility index (Phi) is 5.55. The molecule has 5 heteroatoms. The fourth-order valence-electron chi connectivity index (χ4n) is 3.10. The van der Waals surface area contributed by atoms with E-state index in [1.165, 1.54) is 7.11 Å². The molecule has 3 unspecified atom stereocenters. The van der Waals surface area contributed by atoms with Gasteiger partial charge in [-0.05, 0) is 24.8 Å². The Bertz CT molecular complexity index is 568. The highest BCUT2D eigenvalue weighted by molar-refractivity contribution is 5.83. The van der Waals surface area contributed by atoms with Gasteiger partial charge in [-0.2, -0.15) is 0 Å². The second-order valence-electron chi connectivity index (χ2n) is 5.95. The molecule has 3 atom stereocenters. The quantitative estimate of drug-likeness (QED) is 0.643. The monoisotopic (exact) mass is 318 g/mol. The lowest BCUT2D eigenvalue weighted by Crippen LogP contribution is -2.27. The number of carbonyl (C=O) groups excluding carboxylic acids is 2. The summed E-state index contributed by atoms with van der Waals surface area (Å²) in [6.07, 6.45) is 2.26. The summed E-state index contributed by atoms with van der Waals surface area (Å²) >= 11 is 0. The minimum Gasteiger partial charge on any atom is -0.469 e.